The van der Waals surface area contributed by atoms with Gasteiger partial charge in [0.25, 0.3) is 0 Å². The quantitative estimate of drug-likeness (QED) is 0.266. The van der Waals surface area contributed by atoms with E-state index in [1.54, 1.807) is 0 Å². The lowest BCUT2D eigenvalue weighted by molar-refractivity contribution is 0.167. The summed E-state index contributed by atoms with van der Waals surface area (Å²) in [6.07, 6.45) is 8.22. The molecule has 0 aromatic rings. The molecule has 0 rings (SSSR count). The molecule has 26 heavy (non-hydrogen) atoms. The van der Waals surface area contributed by atoms with Crippen molar-refractivity contribution in [2.75, 3.05) is 45.9 Å². The lowest BCUT2D eigenvalue weighted by Crippen LogP contribution is -2.25. The first-order chi connectivity index (χ1) is 12.4. The molecule has 0 aliphatic heterocycles. The standard InChI is InChI=1S/C21H40N4O/c1-7-19(15-24-17-21(4,5)18-26)14-20(22-6)16-23-12-10-11-13-25(8-2)9-3/h7,14-15,23,26H,6,8-13,16-18H2,1-5H3/b19-7+,20-14-,24-15?. The number of aliphatic hydroxyl groups excluding tert-OH is 1. The van der Waals surface area contributed by atoms with Crippen molar-refractivity contribution in [2.45, 2.75) is 47.5 Å². The Labute approximate surface area is 161 Å². The van der Waals surface area contributed by atoms with Crippen LogP contribution in [-0.2, 0) is 0 Å². The number of aliphatic hydroxyl groups is 1. The summed E-state index contributed by atoms with van der Waals surface area (Å²) in [5, 5.41) is 12.7. The predicted molar refractivity (Wildman–Crippen MR) is 116 cm³/mol. The van der Waals surface area contributed by atoms with Gasteiger partial charge in [-0.15, -0.1) is 0 Å². The molecule has 0 atom stereocenters. The Balaban J connectivity index is 4.31. The molecule has 0 amide bonds. The highest BCUT2D eigenvalue weighted by molar-refractivity contribution is 5.82. The van der Waals surface area contributed by atoms with E-state index in [2.05, 4.69) is 40.8 Å². The van der Waals surface area contributed by atoms with Gasteiger partial charge in [-0.25, -0.2) is 0 Å². The normalized spacial score (nSPS) is 13.8. The highest BCUT2D eigenvalue weighted by atomic mass is 16.3. The van der Waals surface area contributed by atoms with Crippen molar-refractivity contribution in [3.8, 4) is 0 Å². The van der Waals surface area contributed by atoms with E-state index in [1.165, 1.54) is 13.0 Å². The topological polar surface area (TPSA) is 60.2 Å². The summed E-state index contributed by atoms with van der Waals surface area (Å²) >= 11 is 0. The van der Waals surface area contributed by atoms with Crippen LogP contribution in [0.4, 0.5) is 0 Å². The number of nitrogens with one attached hydrogen (secondary N) is 1. The number of aliphatic imine (C=N–C) groups is 2. The van der Waals surface area contributed by atoms with Crippen LogP contribution in [-0.4, -0.2) is 68.8 Å². The van der Waals surface area contributed by atoms with E-state index in [-0.39, 0.29) is 12.0 Å². The van der Waals surface area contributed by atoms with Gasteiger partial charge in [0.05, 0.1) is 5.70 Å². The Morgan fingerprint density at radius 1 is 1.23 bits per heavy atom. The van der Waals surface area contributed by atoms with Crippen molar-refractivity contribution in [3.05, 3.63) is 23.4 Å². The van der Waals surface area contributed by atoms with Gasteiger partial charge in [-0.3, -0.25) is 9.98 Å². The van der Waals surface area contributed by atoms with Gasteiger partial charge in [0, 0.05) is 31.3 Å². The molecule has 5 nitrogen and oxygen atoms in total. The molecule has 0 fully saturated rings. The molecule has 2 N–H and O–H groups in total. The maximum Gasteiger partial charge on any atom is 0.0540 e. The minimum atomic E-state index is -0.189. The Morgan fingerprint density at radius 3 is 2.46 bits per heavy atom. The maximum absolute atomic E-state index is 9.28. The van der Waals surface area contributed by atoms with Crippen LogP contribution in [0.15, 0.2) is 33.4 Å². The van der Waals surface area contributed by atoms with Crippen LogP contribution in [0.1, 0.15) is 47.5 Å². The van der Waals surface area contributed by atoms with Crippen molar-refractivity contribution >= 4 is 12.9 Å². The average molecular weight is 365 g/mol. The van der Waals surface area contributed by atoms with E-state index in [9.17, 15) is 5.11 Å². The number of unbranched alkanes of at least 4 members (excludes halogenated alkanes) is 1. The number of hydrogen-bond acceptors (Lipinski definition) is 5. The SMILES string of the molecule is C=N/C(=C\C(C=NCC(C)(C)CO)=C/C)CNCCCCN(CC)CC. The van der Waals surface area contributed by atoms with Crippen LogP contribution >= 0.6 is 0 Å². The number of nitrogens with zero attached hydrogens (tertiary/aromatic N) is 3. The number of hydrogen-bond donors (Lipinski definition) is 2. The summed E-state index contributed by atoms with van der Waals surface area (Å²) in [5.41, 5.74) is 1.73. The summed E-state index contributed by atoms with van der Waals surface area (Å²) in [4.78, 5) is 11.0. The van der Waals surface area contributed by atoms with Gasteiger partial charge in [-0.1, -0.05) is 33.8 Å². The molecule has 0 saturated carbocycles. The summed E-state index contributed by atoms with van der Waals surface area (Å²) < 4.78 is 0. The van der Waals surface area contributed by atoms with E-state index in [4.69, 9.17) is 0 Å². The fourth-order valence-corrected chi connectivity index (χ4v) is 2.33. The second-order valence-corrected chi connectivity index (χ2v) is 7.29. The molecule has 5 heteroatoms. The highest BCUT2D eigenvalue weighted by Gasteiger charge is 2.14. The van der Waals surface area contributed by atoms with Crippen LogP contribution in [0.2, 0.25) is 0 Å². The summed E-state index contributed by atoms with van der Waals surface area (Å²) in [6, 6.07) is 0. The monoisotopic (exact) mass is 364 g/mol. The molecule has 0 unspecified atom stereocenters. The van der Waals surface area contributed by atoms with Crippen LogP contribution < -0.4 is 5.32 Å². The maximum atomic E-state index is 9.28. The van der Waals surface area contributed by atoms with Gasteiger partial charge in [0.1, 0.15) is 0 Å². The largest absolute Gasteiger partial charge is 0.396 e. The van der Waals surface area contributed by atoms with Crippen LogP contribution in [0.5, 0.6) is 0 Å². The number of rotatable bonds is 15. The van der Waals surface area contributed by atoms with Crippen LogP contribution in [0.3, 0.4) is 0 Å². The minimum absolute atomic E-state index is 0.128. The highest BCUT2D eigenvalue weighted by Crippen LogP contribution is 2.13. The second-order valence-electron chi connectivity index (χ2n) is 7.29. The van der Waals surface area contributed by atoms with Gasteiger partial charge >= 0.3 is 0 Å². The molecule has 0 heterocycles. The third-order valence-electron chi connectivity index (χ3n) is 4.34. The number of allylic oxidation sites excluding steroid dienone is 3. The zero-order valence-electron chi connectivity index (χ0n) is 17.6. The lowest BCUT2D eigenvalue weighted by atomic mass is 9.95. The van der Waals surface area contributed by atoms with E-state index < -0.39 is 0 Å². The van der Waals surface area contributed by atoms with Crippen LogP contribution in [0, 0.1) is 5.41 Å². The fourth-order valence-electron chi connectivity index (χ4n) is 2.33. The van der Waals surface area contributed by atoms with E-state index >= 15 is 0 Å². The Morgan fingerprint density at radius 2 is 1.92 bits per heavy atom. The Bertz CT molecular complexity index is 463. The molecule has 0 aliphatic carbocycles. The molecule has 0 aromatic heterocycles. The smallest absolute Gasteiger partial charge is 0.0540 e. The first-order valence-corrected chi connectivity index (χ1v) is 9.79. The molecule has 0 spiro atoms. The van der Waals surface area contributed by atoms with E-state index in [1.807, 2.05) is 39.1 Å². The van der Waals surface area contributed by atoms with Crippen molar-refractivity contribution < 1.29 is 5.11 Å². The average Bonchev–Trinajstić information content (AvgIpc) is 2.65. The first-order valence-electron chi connectivity index (χ1n) is 9.79. The first kappa shape index (κ1) is 24.7. The van der Waals surface area contributed by atoms with Gasteiger partial charge in [-0.2, -0.15) is 0 Å². The van der Waals surface area contributed by atoms with Gasteiger partial charge in [0.2, 0.25) is 0 Å². The summed E-state index contributed by atoms with van der Waals surface area (Å²) in [7, 11) is 0. The molecule has 0 aromatic carbocycles. The molecule has 0 saturated heterocycles. The molecular formula is C21H40N4O. The lowest BCUT2D eigenvalue weighted by Gasteiger charge is -2.18. The second kappa shape index (κ2) is 14.8. The van der Waals surface area contributed by atoms with E-state index in [0.717, 1.165) is 37.3 Å². The van der Waals surface area contributed by atoms with E-state index in [0.29, 0.717) is 13.1 Å². The molecule has 0 aliphatic rings. The third-order valence-corrected chi connectivity index (χ3v) is 4.34. The molecule has 150 valence electrons. The summed E-state index contributed by atoms with van der Waals surface area (Å²) in [6.45, 7) is 19.9. The third kappa shape index (κ3) is 12.1. The molecule has 0 radical (unpaired) electrons. The molecular weight excluding hydrogens is 324 g/mol. The van der Waals surface area contributed by atoms with Crippen LogP contribution in [0.25, 0.3) is 0 Å². The predicted octanol–water partition coefficient (Wildman–Crippen LogP) is 3.32. The summed E-state index contributed by atoms with van der Waals surface area (Å²) in [5.74, 6) is 0. The fraction of sp³-hybridized carbons (Fsp3) is 0.714. The van der Waals surface area contributed by atoms with Crippen molar-refractivity contribution in [1.29, 1.82) is 0 Å². The minimum Gasteiger partial charge on any atom is -0.396 e. The Hall–Kier alpha value is -1.30. The van der Waals surface area contributed by atoms with Crippen molar-refractivity contribution in [1.82, 2.24) is 10.2 Å². The van der Waals surface area contributed by atoms with Crippen molar-refractivity contribution in [3.63, 3.8) is 0 Å². The zero-order chi connectivity index (χ0) is 19.8. The van der Waals surface area contributed by atoms with Gasteiger partial charge in [0.15, 0.2) is 0 Å². The van der Waals surface area contributed by atoms with Crippen molar-refractivity contribution in [2.24, 2.45) is 15.4 Å². The Kier molecular flexibility index (Phi) is 14.1. The zero-order valence-corrected chi connectivity index (χ0v) is 17.6. The van der Waals surface area contributed by atoms with Gasteiger partial charge in [-0.05, 0) is 64.3 Å². The molecule has 0 bridgehead atoms. The van der Waals surface area contributed by atoms with Gasteiger partial charge < -0.3 is 15.3 Å².